The van der Waals surface area contributed by atoms with Gasteiger partial charge in [0.15, 0.2) is 0 Å². The van der Waals surface area contributed by atoms with Crippen molar-refractivity contribution in [1.82, 2.24) is 10.4 Å². The Labute approximate surface area is 163 Å². The Balaban J connectivity index is 0.00000208. The number of aryl methyl sites for hydroxylation is 1. The molecule has 0 bridgehead atoms. The number of amides is 1. The van der Waals surface area contributed by atoms with Crippen LogP contribution in [-0.2, 0) is 0 Å². The van der Waals surface area contributed by atoms with Crippen LogP contribution >= 0.6 is 27.3 Å². The number of carbonyl (C=O) groups excluding carboxylic acids is 1. The normalized spacial score (nSPS) is 9.92. The maximum atomic E-state index is 12.1. The first-order valence-electron chi connectivity index (χ1n) is 6.96. The van der Waals surface area contributed by atoms with Gasteiger partial charge in [-0.25, -0.2) is 4.98 Å². The van der Waals surface area contributed by atoms with Crippen molar-refractivity contribution in [2.24, 2.45) is 0 Å². The van der Waals surface area contributed by atoms with Crippen LogP contribution < -0.4 is 27.8 Å². The lowest BCUT2D eigenvalue weighted by molar-refractivity contribution is -0.0000127. The number of thiazole rings is 1. The van der Waals surface area contributed by atoms with Crippen molar-refractivity contribution in [2.75, 3.05) is 5.43 Å². The standard InChI is InChI=1S/C17H14BrN3OS.BrH/c1-11-5-7-12(8-6-11)15-10-23-17(19-15)21-20-16(22)13-3-2-4-14(18)9-13;/h2-10H,1H3,(H,19,21)(H,20,22);1H/p-1. The molecule has 1 heterocycles. The fourth-order valence-corrected chi connectivity index (χ4v) is 3.07. The topological polar surface area (TPSA) is 54.0 Å². The molecule has 0 fully saturated rings. The second-order valence-corrected chi connectivity index (χ2v) is 6.77. The first-order valence-corrected chi connectivity index (χ1v) is 8.63. The number of anilines is 1. The van der Waals surface area contributed by atoms with Gasteiger partial charge in [-0.15, -0.1) is 11.3 Å². The van der Waals surface area contributed by atoms with Crippen molar-refractivity contribution in [2.45, 2.75) is 6.92 Å². The highest BCUT2D eigenvalue weighted by Crippen LogP contribution is 2.24. The van der Waals surface area contributed by atoms with E-state index in [9.17, 15) is 4.79 Å². The number of nitrogens with one attached hydrogen (secondary N) is 2. The molecule has 7 heteroatoms. The lowest BCUT2D eigenvalue weighted by Gasteiger charge is -2.05. The molecule has 0 saturated heterocycles. The molecule has 3 aromatic rings. The van der Waals surface area contributed by atoms with E-state index >= 15 is 0 Å². The SMILES string of the molecule is Cc1ccc(-c2csc(NNC(=O)c3cccc(Br)c3)n2)cc1.[Br-]. The number of halogens is 2. The molecular formula is C17H14Br2N3OS-. The van der Waals surface area contributed by atoms with Crippen LogP contribution in [0.4, 0.5) is 5.13 Å². The maximum Gasteiger partial charge on any atom is 0.269 e. The lowest BCUT2D eigenvalue weighted by atomic mass is 10.1. The van der Waals surface area contributed by atoms with Gasteiger partial charge in [0.1, 0.15) is 0 Å². The molecule has 0 aliphatic heterocycles. The van der Waals surface area contributed by atoms with Crippen molar-refractivity contribution < 1.29 is 21.8 Å². The van der Waals surface area contributed by atoms with E-state index < -0.39 is 0 Å². The molecule has 124 valence electrons. The number of carbonyl (C=O) groups is 1. The number of aromatic nitrogens is 1. The fraction of sp³-hybridized carbons (Fsp3) is 0.0588. The first-order chi connectivity index (χ1) is 11.1. The molecule has 3 rings (SSSR count). The minimum absolute atomic E-state index is 0. The number of rotatable bonds is 4. The van der Waals surface area contributed by atoms with Crippen molar-refractivity contribution in [3.8, 4) is 11.3 Å². The van der Waals surface area contributed by atoms with Gasteiger partial charge < -0.3 is 17.0 Å². The van der Waals surface area contributed by atoms with Crippen LogP contribution in [0.25, 0.3) is 11.3 Å². The van der Waals surface area contributed by atoms with Crippen LogP contribution in [0.3, 0.4) is 0 Å². The van der Waals surface area contributed by atoms with Gasteiger partial charge in [0.05, 0.1) is 5.69 Å². The summed E-state index contributed by atoms with van der Waals surface area (Å²) >= 11 is 4.79. The van der Waals surface area contributed by atoms with Gasteiger partial charge in [0.25, 0.3) is 5.91 Å². The Morgan fingerprint density at radius 3 is 2.62 bits per heavy atom. The predicted octanol–water partition coefficient (Wildman–Crippen LogP) is 1.64. The number of benzene rings is 2. The summed E-state index contributed by atoms with van der Waals surface area (Å²) in [5.41, 5.74) is 9.23. The summed E-state index contributed by atoms with van der Waals surface area (Å²) in [6.45, 7) is 2.05. The molecule has 0 aliphatic rings. The van der Waals surface area contributed by atoms with Crippen LogP contribution in [0.1, 0.15) is 15.9 Å². The highest BCUT2D eigenvalue weighted by molar-refractivity contribution is 9.10. The zero-order chi connectivity index (χ0) is 16.2. The van der Waals surface area contributed by atoms with Crippen molar-refractivity contribution in [3.63, 3.8) is 0 Å². The Kier molecular flexibility index (Phi) is 6.53. The minimum Gasteiger partial charge on any atom is -1.00 e. The van der Waals surface area contributed by atoms with Crippen LogP contribution in [0.15, 0.2) is 58.4 Å². The summed E-state index contributed by atoms with van der Waals surface area (Å²) in [6.07, 6.45) is 0. The average Bonchev–Trinajstić information content (AvgIpc) is 3.02. The summed E-state index contributed by atoms with van der Waals surface area (Å²) in [5.74, 6) is -0.210. The van der Waals surface area contributed by atoms with Crippen LogP contribution in [0.5, 0.6) is 0 Å². The number of hydrogen-bond donors (Lipinski definition) is 2. The molecule has 0 saturated carbocycles. The van der Waals surface area contributed by atoms with E-state index in [0.29, 0.717) is 10.7 Å². The van der Waals surface area contributed by atoms with Gasteiger partial charge in [-0.05, 0) is 25.1 Å². The Morgan fingerprint density at radius 2 is 1.92 bits per heavy atom. The zero-order valence-corrected chi connectivity index (χ0v) is 16.7. The summed E-state index contributed by atoms with van der Waals surface area (Å²) in [5, 5.41) is 2.60. The third kappa shape index (κ3) is 4.66. The molecule has 0 radical (unpaired) electrons. The predicted molar refractivity (Wildman–Crippen MR) is 97.5 cm³/mol. The fourth-order valence-electron chi connectivity index (χ4n) is 2.00. The molecule has 0 aliphatic carbocycles. The van der Waals surface area contributed by atoms with E-state index in [0.717, 1.165) is 15.7 Å². The van der Waals surface area contributed by atoms with Gasteiger partial charge in [-0.1, -0.05) is 51.8 Å². The van der Waals surface area contributed by atoms with Crippen LogP contribution in [-0.4, -0.2) is 10.9 Å². The third-order valence-electron chi connectivity index (χ3n) is 3.22. The average molecular weight is 468 g/mol. The summed E-state index contributed by atoms with van der Waals surface area (Å²) < 4.78 is 0.862. The molecule has 4 nitrogen and oxygen atoms in total. The highest BCUT2D eigenvalue weighted by Gasteiger charge is 2.08. The number of nitrogens with zero attached hydrogens (tertiary/aromatic N) is 1. The van der Waals surface area contributed by atoms with Crippen molar-refractivity contribution in [3.05, 3.63) is 69.5 Å². The molecule has 24 heavy (non-hydrogen) atoms. The molecule has 0 spiro atoms. The summed E-state index contributed by atoms with van der Waals surface area (Å²) in [6, 6.07) is 15.4. The molecule has 1 amide bonds. The maximum absolute atomic E-state index is 12.1. The molecule has 0 atom stereocenters. The quantitative estimate of drug-likeness (QED) is 0.573. The molecule has 0 unspecified atom stereocenters. The van der Waals surface area contributed by atoms with Gasteiger partial charge >= 0.3 is 0 Å². The molecular weight excluding hydrogens is 454 g/mol. The summed E-state index contributed by atoms with van der Waals surface area (Å²) in [4.78, 5) is 16.5. The Hall–Kier alpha value is -1.70. The molecule has 2 aromatic carbocycles. The van der Waals surface area contributed by atoms with Gasteiger partial charge in [-0.2, -0.15) is 0 Å². The zero-order valence-electron chi connectivity index (χ0n) is 12.7. The van der Waals surface area contributed by atoms with Crippen molar-refractivity contribution >= 4 is 38.3 Å². The number of hydrazine groups is 1. The van der Waals surface area contributed by atoms with Gasteiger partial charge in [0, 0.05) is 21.0 Å². The highest BCUT2D eigenvalue weighted by atomic mass is 79.9. The van der Waals surface area contributed by atoms with Crippen LogP contribution in [0, 0.1) is 6.92 Å². The van der Waals surface area contributed by atoms with E-state index in [2.05, 4.69) is 50.8 Å². The van der Waals surface area contributed by atoms with Crippen molar-refractivity contribution in [1.29, 1.82) is 0 Å². The summed E-state index contributed by atoms with van der Waals surface area (Å²) in [7, 11) is 0. The lowest BCUT2D eigenvalue weighted by Crippen LogP contribution is -3.00. The van der Waals surface area contributed by atoms with E-state index in [1.54, 1.807) is 12.1 Å². The second-order valence-electron chi connectivity index (χ2n) is 4.99. The van der Waals surface area contributed by atoms with Gasteiger partial charge in [-0.3, -0.25) is 15.6 Å². The molecule has 1 aromatic heterocycles. The molecule has 2 N–H and O–H groups in total. The largest absolute Gasteiger partial charge is 1.00 e. The minimum atomic E-state index is -0.210. The Morgan fingerprint density at radius 1 is 1.17 bits per heavy atom. The number of hydrogen-bond acceptors (Lipinski definition) is 4. The van der Waals surface area contributed by atoms with Crippen LogP contribution in [0.2, 0.25) is 0 Å². The first kappa shape index (κ1) is 18.6. The third-order valence-corrected chi connectivity index (χ3v) is 4.47. The van der Waals surface area contributed by atoms with E-state index in [-0.39, 0.29) is 22.9 Å². The smallest absolute Gasteiger partial charge is 0.269 e. The monoisotopic (exact) mass is 466 g/mol. The second kappa shape index (κ2) is 8.41. The van der Waals surface area contributed by atoms with E-state index in [4.69, 9.17) is 0 Å². The van der Waals surface area contributed by atoms with E-state index in [1.165, 1.54) is 16.9 Å². The Bertz CT molecular complexity index is 834. The van der Waals surface area contributed by atoms with E-state index in [1.807, 2.05) is 29.6 Å². The van der Waals surface area contributed by atoms with Gasteiger partial charge in [0.2, 0.25) is 5.13 Å².